The Morgan fingerprint density at radius 3 is 2.44 bits per heavy atom. The number of anilines is 1. The molecule has 0 aromatic heterocycles. The number of aromatic carboxylic acids is 1. The first-order valence-electron chi connectivity index (χ1n) is 5.55. The molecule has 0 saturated carbocycles. The second-order valence-corrected chi connectivity index (χ2v) is 4.72. The van der Waals surface area contributed by atoms with Gasteiger partial charge in [0.05, 0.1) is 16.3 Å². The van der Waals surface area contributed by atoms with Crippen molar-refractivity contribution in [2.45, 2.75) is 18.8 Å². The molecule has 18 heavy (non-hydrogen) atoms. The monoisotopic (exact) mass is 275 g/mol. The second kappa shape index (κ2) is 4.72. The van der Waals surface area contributed by atoms with Crippen LogP contribution in [0.15, 0.2) is 18.2 Å². The smallest absolute Gasteiger partial charge is 0.335 e. The van der Waals surface area contributed by atoms with Crippen molar-refractivity contribution in [1.29, 1.82) is 0 Å². The van der Waals surface area contributed by atoms with Crippen molar-refractivity contribution < 1.29 is 18.7 Å². The lowest BCUT2D eigenvalue weighted by atomic mass is 10.1. The van der Waals surface area contributed by atoms with E-state index in [0.717, 1.165) is 0 Å². The van der Waals surface area contributed by atoms with E-state index in [1.165, 1.54) is 12.1 Å². The molecule has 1 aliphatic rings. The minimum atomic E-state index is -2.61. The van der Waals surface area contributed by atoms with Crippen molar-refractivity contribution in [2.24, 2.45) is 0 Å². The van der Waals surface area contributed by atoms with Gasteiger partial charge < -0.3 is 10.0 Å². The van der Waals surface area contributed by atoms with Crippen LogP contribution in [-0.4, -0.2) is 30.1 Å². The molecule has 98 valence electrons. The fourth-order valence-corrected chi connectivity index (χ4v) is 2.27. The molecule has 1 aromatic rings. The Balaban J connectivity index is 2.17. The molecule has 1 fully saturated rings. The topological polar surface area (TPSA) is 40.5 Å². The molecule has 0 unspecified atom stereocenters. The Morgan fingerprint density at radius 2 is 1.94 bits per heavy atom. The van der Waals surface area contributed by atoms with Gasteiger partial charge in [-0.1, -0.05) is 11.6 Å². The van der Waals surface area contributed by atoms with Crippen molar-refractivity contribution in [3.63, 3.8) is 0 Å². The summed E-state index contributed by atoms with van der Waals surface area (Å²) in [7, 11) is 0. The van der Waals surface area contributed by atoms with E-state index in [1.54, 1.807) is 11.0 Å². The maximum absolute atomic E-state index is 13.0. The normalized spacial score (nSPS) is 18.7. The first kappa shape index (κ1) is 13.1. The van der Waals surface area contributed by atoms with Crippen LogP contribution >= 0.6 is 11.6 Å². The van der Waals surface area contributed by atoms with E-state index in [1.807, 2.05) is 0 Å². The predicted octanol–water partition coefficient (Wildman–Crippen LogP) is 3.27. The Bertz CT molecular complexity index is 469. The molecule has 1 aromatic carbocycles. The quantitative estimate of drug-likeness (QED) is 0.900. The van der Waals surface area contributed by atoms with Crippen LogP contribution in [0.3, 0.4) is 0 Å². The summed E-state index contributed by atoms with van der Waals surface area (Å²) < 4.78 is 26.1. The summed E-state index contributed by atoms with van der Waals surface area (Å²) >= 11 is 5.99. The van der Waals surface area contributed by atoms with Crippen LogP contribution in [0.25, 0.3) is 0 Å². The fraction of sp³-hybridized carbons (Fsp3) is 0.417. The van der Waals surface area contributed by atoms with Crippen molar-refractivity contribution in [1.82, 2.24) is 0 Å². The van der Waals surface area contributed by atoms with Gasteiger partial charge in [-0.05, 0) is 18.2 Å². The Hall–Kier alpha value is -1.36. The lowest BCUT2D eigenvalue weighted by molar-refractivity contribution is -0.0220. The summed E-state index contributed by atoms with van der Waals surface area (Å²) in [4.78, 5) is 12.5. The number of hydrogen-bond donors (Lipinski definition) is 1. The van der Waals surface area contributed by atoms with Gasteiger partial charge in [-0.15, -0.1) is 0 Å². The predicted molar refractivity (Wildman–Crippen MR) is 64.8 cm³/mol. The van der Waals surface area contributed by atoms with Crippen LogP contribution < -0.4 is 4.90 Å². The number of benzene rings is 1. The number of piperidine rings is 1. The number of hydrogen-bond acceptors (Lipinski definition) is 2. The number of carboxylic acids is 1. The van der Waals surface area contributed by atoms with E-state index < -0.39 is 11.9 Å². The minimum absolute atomic E-state index is 0.0890. The number of carbonyl (C=O) groups is 1. The highest BCUT2D eigenvalue weighted by atomic mass is 35.5. The van der Waals surface area contributed by atoms with Crippen LogP contribution in [0.5, 0.6) is 0 Å². The van der Waals surface area contributed by atoms with Crippen LogP contribution in [0.1, 0.15) is 23.2 Å². The van der Waals surface area contributed by atoms with Crippen molar-refractivity contribution >= 4 is 23.3 Å². The fourth-order valence-electron chi connectivity index (χ4n) is 1.97. The summed E-state index contributed by atoms with van der Waals surface area (Å²) in [5.74, 6) is -3.67. The molecular formula is C12H12ClF2NO2. The summed E-state index contributed by atoms with van der Waals surface area (Å²) in [6, 6.07) is 4.33. The third-order valence-corrected chi connectivity index (χ3v) is 3.33. The van der Waals surface area contributed by atoms with Gasteiger partial charge in [-0.25, -0.2) is 13.6 Å². The van der Waals surface area contributed by atoms with Gasteiger partial charge in [0.1, 0.15) is 0 Å². The lowest BCUT2D eigenvalue weighted by Gasteiger charge is -2.33. The zero-order valence-electron chi connectivity index (χ0n) is 9.50. The molecule has 0 aliphatic carbocycles. The molecule has 0 amide bonds. The maximum atomic E-state index is 13.0. The number of rotatable bonds is 2. The van der Waals surface area contributed by atoms with Gasteiger partial charge in [0.15, 0.2) is 0 Å². The van der Waals surface area contributed by atoms with E-state index in [-0.39, 0.29) is 36.5 Å². The summed E-state index contributed by atoms with van der Waals surface area (Å²) in [6.07, 6.45) is -0.409. The highest BCUT2D eigenvalue weighted by Gasteiger charge is 2.34. The van der Waals surface area contributed by atoms with E-state index in [2.05, 4.69) is 0 Å². The zero-order valence-corrected chi connectivity index (χ0v) is 10.3. The van der Waals surface area contributed by atoms with Crippen LogP contribution in [-0.2, 0) is 0 Å². The Kier molecular flexibility index (Phi) is 3.43. The zero-order chi connectivity index (χ0) is 13.3. The number of carboxylic acid groups (broad SMARTS) is 1. The second-order valence-electron chi connectivity index (χ2n) is 4.31. The Morgan fingerprint density at radius 1 is 1.33 bits per heavy atom. The minimum Gasteiger partial charge on any atom is -0.478 e. The standard InChI is InChI=1S/C12H12ClF2NO2/c13-9-7-8(11(17)18)1-2-10(9)16-5-3-12(14,15)4-6-16/h1-2,7H,3-6H2,(H,17,18). The van der Waals surface area contributed by atoms with Crippen molar-refractivity contribution in [2.75, 3.05) is 18.0 Å². The van der Waals surface area contributed by atoms with Gasteiger partial charge in [0.25, 0.3) is 5.92 Å². The lowest BCUT2D eigenvalue weighted by Crippen LogP contribution is -2.39. The van der Waals surface area contributed by atoms with E-state index >= 15 is 0 Å². The molecular weight excluding hydrogens is 264 g/mol. The van der Waals surface area contributed by atoms with Gasteiger partial charge in [0, 0.05) is 25.9 Å². The van der Waals surface area contributed by atoms with Gasteiger partial charge in [-0.2, -0.15) is 0 Å². The first-order chi connectivity index (χ1) is 8.39. The number of alkyl halides is 2. The van der Waals surface area contributed by atoms with E-state index in [9.17, 15) is 13.6 Å². The van der Waals surface area contributed by atoms with Crippen LogP contribution in [0, 0.1) is 0 Å². The molecule has 0 atom stereocenters. The number of halogens is 3. The molecule has 0 spiro atoms. The molecule has 1 saturated heterocycles. The number of nitrogens with zero attached hydrogens (tertiary/aromatic N) is 1. The summed E-state index contributed by atoms with van der Waals surface area (Å²) in [6.45, 7) is 0.443. The first-order valence-corrected chi connectivity index (χ1v) is 5.92. The van der Waals surface area contributed by atoms with Gasteiger partial charge >= 0.3 is 5.97 Å². The van der Waals surface area contributed by atoms with E-state index in [4.69, 9.17) is 16.7 Å². The average molecular weight is 276 g/mol. The molecule has 3 nitrogen and oxygen atoms in total. The average Bonchev–Trinajstić information content (AvgIpc) is 2.29. The van der Waals surface area contributed by atoms with Gasteiger partial charge in [0.2, 0.25) is 0 Å². The highest BCUT2D eigenvalue weighted by Crippen LogP contribution is 2.34. The van der Waals surface area contributed by atoms with Crippen molar-refractivity contribution in [3.8, 4) is 0 Å². The largest absolute Gasteiger partial charge is 0.478 e. The van der Waals surface area contributed by atoms with Gasteiger partial charge in [-0.3, -0.25) is 0 Å². The molecule has 0 bridgehead atoms. The third kappa shape index (κ3) is 2.72. The maximum Gasteiger partial charge on any atom is 0.335 e. The molecule has 1 N–H and O–H groups in total. The molecule has 1 aliphatic heterocycles. The highest BCUT2D eigenvalue weighted by molar-refractivity contribution is 6.33. The van der Waals surface area contributed by atoms with Crippen LogP contribution in [0.2, 0.25) is 5.02 Å². The van der Waals surface area contributed by atoms with E-state index in [0.29, 0.717) is 5.69 Å². The molecule has 1 heterocycles. The third-order valence-electron chi connectivity index (χ3n) is 3.03. The SMILES string of the molecule is O=C(O)c1ccc(N2CCC(F)(F)CC2)c(Cl)c1. The molecule has 2 rings (SSSR count). The molecule has 0 radical (unpaired) electrons. The summed E-state index contributed by atoms with van der Waals surface area (Å²) in [5.41, 5.74) is 0.697. The summed E-state index contributed by atoms with van der Waals surface area (Å²) in [5, 5.41) is 9.09. The van der Waals surface area contributed by atoms with Crippen molar-refractivity contribution in [3.05, 3.63) is 28.8 Å². The molecule has 6 heteroatoms. The Labute approximate surface area is 108 Å². The van der Waals surface area contributed by atoms with Crippen LogP contribution in [0.4, 0.5) is 14.5 Å².